The van der Waals surface area contributed by atoms with Crippen molar-refractivity contribution in [1.82, 2.24) is 15.3 Å². The normalized spacial score (nSPS) is 12.1. The van der Waals surface area contributed by atoms with Crippen LogP contribution in [0.4, 0.5) is 13.6 Å². The van der Waals surface area contributed by atoms with Gasteiger partial charge in [-0.05, 0) is 24.6 Å². The van der Waals surface area contributed by atoms with Crippen molar-refractivity contribution in [2.24, 2.45) is 0 Å². The van der Waals surface area contributed by atoms with Crippen LogP contribution in [0.3, 0.4) is 0 Å². The average Bonchev–Trinajstić information content (AvgIpc) is 2.54. The molecule has 0 fully saturated rings. The highest BCUT2D eigenvalue weighted by molar-refractivity contribution is 6.30. The minimum absolute atomic E-state index is 0.189. The summed E-state index contributed by atoms with van der Waals surface area (Å²) in [5.41, 5.74) is 0.732. The number of aromatic nitrogens is 2. The number of carbonyl (C=O) groups excluding carboxylic acids is 1. The Morgan fingerprint density at radius 2 is 1.96 bits per heavy atom. The van der Waals surface area contributed by atoms with Gasteiger partial charge in [0.15, 0.2) is 11.9 Å². The fourth-order valence-corrected chi connectivity index (χ4v) is 2.27. The second-order valence-corrected chi connectivity index (χ2v) is 5.44. The molecule has 0 radical (unpaired) electrons. The van der Waals surface area contributed by atoms with Crippen LogP contribution < -0.4 is 5.32 Å². The Balaban J connectivity index is 2.41. The summed E-state index contributed by atoms with van der Waals surface area (Å²) in [7, 11) is 0. The number of carbonyl (C=O) groups is 1. The smallest absolute Gasteiger partial charge is 0.408 e. The number of alkyl carbamates (subject to hydrolysis) is 1. The SMILES string of the molecule is CCNC(=O)OC(c1ccc(Cl)cc1)c1cnc(C(F)F)nc1Cl. The molecule has 1 aromatic carbocycles. The van der Waals surface area contributed by atoms with Gasteiger partial charge in [-0.15, -0.1) is 0 Å². The van der Waals surface area contributed by atoms with Crippen molar-refractivity contribution in [2.75, 3.05) is 6.54 Å². The lowest BCUT2D eigenvalue weighted by Gasteiger charge is -2.19. The number of benzene rings is 1. The number of halogens is 4. The molecule has 2 aromatic rings. The molecule has 9 heteroatoms. The molecule has 0 saturated heterocycles. The van der Waals surface area contributed by atoms with Gasteiger partial charge in [0, 0.05) is 17.8 Å². The fourth-order valence-electron chi connectivity index (χ4n) is 1.91. The maximum atomic E-state index is 12.7. The van der Waals surface area contributed by atoms with Crippen molar-refractivity contribution in [3.63, 3.8) is 0 Å². The molecule has 0 aliphatic heterocycles. The second kappa shape index (κ2) is 8.21. The summed E-state index contributed by atoms with van der Waals surface area (Å²) < 4.78 is 30.7. The van der Waals surface area contributed by atoms with Crippen molar-refractivity contribution in [2.45, 2.75) is 19.5 Å². The van der Waals surface area contributed by atoms with Crippen LogP contribution in [0.25, 0.3) is 0 Å². The van der Waals surface area contributed by atoms with Crippen LogP contribution in [0.15, 0.2) is 30.5 Å². The van der Waals surface area contributed by atoms with Crippen LogP contribution in [-0.2, 0) is 4.74 Å². The van der Waals surface area contributed by atoms with Gasteiger partial charge in [0.05, 0.1) is 5.56 Å². The average molecular weight is 376 g/mol. The summed E-state index contributed by atoms with van der Waals surface area (Å²) in [5.74, 6) is -0.698. The van der Waals surface area contributed by atoms with Crippen LogP contribution in [0.5, 0.6) is 0 Å². The molecule has 0 aliphatic carbocycles. The van der Waals surface area contributed by atoms with E-state index in [1.807, 2.05) is 0 Å². The summed E-state index contributed by atoms with van der Waals surface area (Å²) in [6, 6.07) is 6.47. The summed E-state index contributed by atoms with van der Waals surface area (Å²) in [6.45, 7) is 2.09. The van der Waals surface area contributed by atoms with Crippen molar-refractivity contribution in [1.29, 1.82) is 0 Å². The van der Waals surface area contributed by atoms with Gasteiger partial charge >= 0.3 is 6.09 Å². The van der Waals surface area contributed by atoms with E-state index >= 15 is 0 Å². The number of nitrogens with zero attached hydrogens (tertiary/aromatic N) is 2. The highest BCUT2D eigenvalue weighted by Gasteiger charge is 2.24. The predicted molar refractivity (Wildman–Crippen MR) is 85.5 cm³/mol. The Morgan fingerprint density at radius 3 is 2.50 bits per heavy atom. The number of rotatable bonds is 5. The molecule has 1 N–H and O–H groups in total. The van der Waals surface area contributed by atoms with Gasteiger partial charge < -0.3 is 10.1 Å². The largest absolute Gasteiger partial charge is 0.436 e. The molecule has 1 amide bonds. The number of hydrogen-bond acceptors (Lipinski definition) is 4. The van der Waals surface area contributed by atoms with Crippen molar-refractivity contribution < 1.29 is 18.3 Å². The molecule has 1 aromatic heterocycles. The van der Waals surface area contributed by atoms with Gasteiger partial charge in [-0.25, -0.2) is 23.5 Å². The van der Waals surface area contributed by atoms with Gasteiger partial charge in [-0.2, -0.15) is 0 Å². The van der Waals surface area contributed by atoms with E-state index in [4.69, 9.17) is 27.9 Å². The van der Waals surface area contributed by atoms with Crippen molar-refractivity contribution >= 4 is 29.3 Å². The standard InChI is InChI=1S/C15H13Cl2F2N3O2/c1-2-20-15(23)24-11(8-3-5-9(16)6-4-8)10-7-21-14(13(18)19)22-12(10)17/h3-7,11,13H,2H2,1H3,(H,20,23). The van der Waals surface area contributed by atoms with Crippen LogP contribution >= 0.6 is 23.2 Å². The molecule has 1 atom stereocenters. The minimum atomic E-state index is -2.85. The molecule has 24 heavy (non-hydrogen) atoms. The second-order valence-electron chi connectivity index (χ2n) is 4.64. The van der Waals surface area contributed by atoms with Crippen LogP contribution in [0.1, 0.15) is 36.4 Å². The number of nitrogens with one attached hydrogen (secondary N) is 1. The molecule has 0 saturated carbocycles. The Morgan fingerprint density at radius 1 is 1.29 bits per heavy atom. The summed E-state index contributed by atoms with van der Waals surface area (Å²) in [5, 5.41) is 2.76. The third kappa shape index (κ3) is 4.52. The molecule has 5 nitrogen and oxygen atoms in total. The molecule has 1 heterocycles. The van der Waals surface area contributed by atoms with Crippen LogP contribution in [0, 0.1) is 0 Å². The van der Waals surface area contributed by atoms with Gasteiger partial charge in [0.25, 0.3) is 6.43 Å². The van der Waals surface area contributed by atoms with E-state index < -0.39 is 24.4 Å². The number of amides is 1. The summed E-state index contributed by atoms with van der Waals surface area (Å²) in [4.78, 5) is 18.9. The first-order valence-electron chi connectivity index (χ1n) is 6.92. The monoisotopic (exact) mass is 375 g/mol. The lowest BCUT2D eigenvalue weighted by atomic mass is 10.0. The fraction of sp³-hybridized carbons (Fsp3) is 0.267. The van der Waals surface area contributed by atoms with E-state index in [1.54, 1.807) is 31.2 Å². The molecule has 0 aliphatic rings. The van der Waals surface area contributed by atoms with Gasteiger partial charge in [-0.1, -0.05) is 35.3 Å². The van der Waals surface area contributed by atoms with Gasteiger partial charge in [-0.3, -0.25) is 0 Å². The third-order valence-corrected chi connectivity index (χ3v) is 3.54. The first-order valence-corrected chi connectivity index (χ1v) is 7.68. The molecule has 1 unspecified atom stereocenters. The zero-order chi connectivity index (χ0) is 17.7. The maximum Gasteiger partial charge on any atom is 0.408 e. The number of ether oxygens (including phenoxy) is 1. The Bertz CT molecular complexity index is 714. The van der Waals surface area contributed by atoms with E-state index in [-0.39, 0.29) is 10.7 Å². The minimum Gasteiger partial charge on any atom is -0.436 e. The van der Waals surface area contributed by atoms with E-state index in [0.29, 0.717) is 17.1 Å². The van der Waals surface area contributed by atoms with E-state index in [9.17, 15) is 13.6 Å². The first kappa shape index (κ1) is 18.4. The highest BCUT2D eigenvalue weighted by Crippen LogP contribution is 2.31. The van der Waals surface area contributed by atoms with E-state index in [1.165, 1.54) is 0 Å². The number of hydrogen-bond donors (Lipinski definition) is 1. The Labute approximate surface area is 147 Å². The lowest BCUT2D eigenvalue weighted by molar-refractivity contribution is 0.116. The quantitative estimate of drug-likeness (QED) is 0.778. The molecule has 128 valence electrons. The lowest BCUT2D eigenvalue weighted by Crippen LogP contribution is -2.26. The highest BCUT2D eigenvalue weighted by atomic mass is 35.5. The maximum absolute atomic E-state index is 12.7. The van der Waals surface area contributed by atoms with Crippen LogP contribution in [0.2, 0.25) is 10.2 Å². The first-order chi connectivity index (χ1) is 11.4. The predicted octanol–water partition coefficient (Wildman–Crippen LogP) is 4.56. The summed E-state index contributed by atoms with van der Waals surface area (Å²) in [6.07, 6.45) is -3.38. The molecular weight excluding hydrogens is 363 g/mol. The Hall–Kier alpha value is -1.99. The summed E-state index contributed by atoms with van der Waals surface area (Å²) >= 11 is 11.8. The zero-order valence-corrected chi connectivity index (χ0v) is 14.0. The molecular formula is C15H13Cl2F2N3O2. The topological polar surface area (TPSA) is 64.1 Å². The van der Waals surface area contributed by atoms with E-state index in [0.717, 1.165) is 6.20 Å². The Kier molecular flexibility index (Phi) is 6.28. The molecule has 2 rings (SSSR count). The van der Waals surface area contributed by atoms with Crippen molar-refractivity contribution in [3.05, 3.63) is 57.6 Å². The molecule has 0 spiro atoms. The van der Waals surface area contributed by atoms with Gasteiger partial charge in [0.2, 0.25) is 0 Å². The number of alkyl halides is 2. The van der Waals surface area contributed by atoms with E-state index in [2.05, 4.69) is 15.3 Å². The van der Waals surface area contributed by atoms with Crippen molar-refractivity contribution in [3.8, 4) is 0 Å². The zero-order valence-electron chi connectivity index (χ0n) is 12.5. The van der Waals surface area contributed by atoms with Crippen LogP contribution in [-0.4, -0.2) is 22.6 Å². The van der Waals surface area contributed by atoms with Gasteiger partial charge in [0.1, 0.15) is 5.15 Å². The third-order valence-electron chi connectivity index (χ3n) is 2.98. The molecule has 0 bridgehead atoms.